The van der Waals surface area contributed by atoms with Crippen LogP contribution in [0.4, 0.5) is 8.78 Å². The number of carbonyl (C=O) groups is 1. The predicted octanol–water partition coefficient (Wildman–Crippen LogP) is 1.91. The number of nitrogens with two attached hydrogens (primary N) is 1. The lowest BCUT2D eigenvalue weighted by molar-refractivity contribution is -0.132. The van der Waals surface area contributed by atoms with Gasteiger partial charge in [0, 0.05) is 13.6 Å². The van der Waals surface area contributed by atoms with Crippen LogP contribution in [0, 0.1) is 17.6 Å². The molecule has 0 aliphatic heterocycles. The van der Waals surface area contributed by atoms with Crippen LogP contribution in [0.15, 0.2) is 18.2 Å². The van der Waals surface area contributed by atoms with Crippen molar-refractivity contribution >= 4 is 5.91 Å². The molecule has 0 aliphatic carbocycles. The normalized spacial score (nSPS) is 12.6. The summed E-state index contributed by atoms with van der Waals surface area (Å²) in [4.78, 5) is 13.3. The molecule has 1 unspecified atom stereocenters. The van der Waals surface area contributed by atoms with Crippen LogP contribution in [0.2, 0.25) is 0 Å². The second kappa shape index (κ2) is 5.91. The van der Waals surface area contributed by atoms with Gasteiger partial charge in [0.1, 0.15) is 0 Å². The van der Waals surface area contributed by atoms with Gasteiger partial charge in [-0.15, -0.1) is 0 Å². The van der Waals surface area contributed by atoms with Crippen molar-refractivity contribution in [1.29, 1.82) is 0 Å². The van der Waals surface area contributed by atoms with Gasteiger partial charge in [0.15, 0.2) is 11.6 Å². The summed E-state index contributed by atoms with van der Waals surface area (Å²) in [6, 6.07) is 2.99. The summed E-state index contributed by atoms with van der Waals surface area (Å²) in [7, 11) is 1.59. The number of benzene rings is 1. The van der Waals surface area contributed by atoms with Crippen molar-refractivity contribution in [3.63, 3.8) is 0 Å². The lowest BCUT2D eigenvalue weighted by Gasteiger charge is -2.23. The number of hydrogen-bond acceptors (Lipinski definition) is 2. The van der Waals surface area contributed by atoms with Crippen molar-refractivity contribution in [2.24, 2.45) is 11.7 Å². The molecule has 0 heterocycles. The van der Waals surface area contributed by atoms with Crippen LogP contribution >= 0.6 is 0 Å². The standard InChI is InChI=1S/C13H18F2N2O/c1-8(2)12(16)13(18)17(3)7-9-4-5-10(14)11(15)6-9/h4-6,8,12H,7,16H2,1-3H3. The van der Waals surface area contributed by atoms with Crippen LogP contribution in [0.3, 0.4) is 0 Å². The van der Waals surface area contributed by atoms with Gasteiger partial charge >= 0.3 is 0 Å². The van der Waals surface area contributed by atoms with Gasteiger partial charge in [-0.1, -0.05) is 19.9 Å². The molecular weight excluding hydrogens is 238 g/mol. The summed E-state index contributed by atoms with van der Waals surface area (Å²) < 4.78 is 25.8. The van der Waals surface area contributed by atoms with Gasteiger partial charge in [-0.25, -0.2) is 8.78 Å². The first-order valence-corrected chi connectivity index (χ1v) is 5.77. The number of likely N-dealkylation sites (N-methyl/N-ethyl adjacent to an activating group) is 1. The van der Waals surface area contributed by atoms with Crippen molar-refractivity contribution < 1.29 is 13.6 Å². The molecule has 1 aromatic rings. The van der Waals surface area contributed by atoms with Gasteiger partial charge in [-0.3, -0.25) is 4.79 Å². The Hall–Kier alpha value is -1.49. The Morgan fingerprint density at radius 1 is 1.33 bits per heavy atom. The molecule has 1 aromatic carbocycles. The maximum Gasteiger partial charge on any atom is 0.239 e. The monoisotopic (exact) mass is 256 g/mol. The third-order valence-corrected chi connectivity index (χ3v) is 2.78. The molecular formula is C13H18F2N2O. The van der Waals surface area contributed by atoms with Crippen LogP contribution < -0.4 is 5.73 Å². The minimum absolute atomic E-state index is 0.0323. The van der Waals surface area contributed by atoms with E-state index in [0.717, 1.165) is 12.1 Å². The molecule has 0 saturated heterocycles. The molecule has 3 nitrogen and oxygen atoms in total. The van der Waals surface area contributed by atoms with Gasteiger partial charge in [0.05, 0.1) is 6.04 Å². The van der Waals surface area contributed by atoms with Crippen molar-refractivity contribution in [3.05, 3.63) is 35.4 Å². The molecule has 18 heavy (non-hydrogen) atoms. The topological polar surface area (TPSA) is 46.3 Å². The second-order valence-corrected chi connectivity index (χ2v) is 4.71. The van der Waals surface area contributed by atoms with Gasteiger partial charge in [0.25, 0.3) is 0 Å². The molecule has 0 bridgehead atoms. The Kier molecular flexibility index (Phi) is 4.78. The van der Waals surface area contributed by atoms with Crippen LogP contribution in [0.5, 0.6) is 0 Å². The fraction of sp³-hybridized carbons (Fsp3) is 0.462. The molecule has 5 heteroatoms. The van der Waals surface area contributed by atoms with Crippen molar-refractivity contribution in [2.45, 2.75) is 26.4 Å². The molecule has 0 fully saturated rings. The molecule has 1 amide bonds. The number of carbonyl (C=O) groups excluding carboxylic acids is 1. The third kappa shape index (κ3) is 3.50. The second-order valence-electron chi connectivity index (χ2n) is 4.71. The molecule has 0 radical (unpaired) electrons. The Bertz CT molecular complexity index is 435. The minimum atomic E-state index is -0.915. The number of hydrogen-bond donors (Lipinski definition) is 1. The highest BCUT2D eigenvalue weighted by molar-refractivity contribution is 5.81. The van der Waals surface area contributed by atoms with E-state index < -0.39 is 17.7 Å². The minimum Gasteiger partial charge on any atom is -0.340 e. The van der Waals surface area contributed by atoms with E-state index in [9.17, 15) is 13.6 Å². The van der Waals surface area contributed by atoms with Gasteiger partial charge in [0.2, 0.25) is 5.91 Å². The molecule has 1 rings (SSSR count). The SMILES string of the molecule is CC(C)C(N)C(=O)N(C)Cc1ccc(F)c(F)c1. The molecule has 0 saturated carbocycles. The Labute approximate surface area is 106 Å². The third-order valence-electron chi connectivity index (χ3n) is 2.78. The fourth-order valence-corrected chi connectivity index (χ4v) is 1.53. The smallest absolute Gasteiger partial charge is 0.239 e. The van der Waals surface area contributed by atoms with Crippen LogP contribution in [-0.2, 0) is 11.3 Å². The summed E-state index contributed by atoms with van der Waals surface area (Å²) in [6.07, 6.45) is 0. The fourth-order valence-electron chi connectivity index (χ4n) is 1.53. The lowest BCUT2D eigenvalue weighted by Crippen LogP contribution is -2.44. The zero-order valence-corrected chi connectivity index (χ0v) is 10.8. The first kappa shape index (κ1) is 14.6. The summed E-state index contributed by atoms with van der Waals surface area (Å²) in [5, 5.41) is 0. The highest BCUT2D eigenvalue weighted by Crippen LogP contribution is 2.11. The van der Waals surface area contributed by atoms with E-state index in [2.05, 4.69) is 0 Å². The quantitative estimate of drug-likeness (QED) is 0.894. The predicted molar refractivity (Wildman–Crippen MR) is 65.6 cm³/mol. The maximum atomic E-state index is 13.0. The van der Waals surface area contributed by atoms with Gasteiger partial charge < -0.3 is 10.6 Å². The lowest BCUT2D eigenvalue weighted by atomic mass is 10.0. The average Bonchev–Trinajstić information content (AvgIpc) is 2.31. The van der Waals surface area contributed by atoms with E-state index in [-0.39, 0.29) is 18.4 Å². The van der Waals surface area contributed by atoms with E-state index in [1.54, 1.807) is 7.05 Å². The van der Waals surface area contributed by atoms with Crippen molar-refractivity contribution in [1.82, 2.24) is 4.90 Å². The molecule has 0 spiro atoms. The number of rotatable bonds is 4. The summed E-state index contributed by atoms with van der Waals surface area (Å²) in [5.74, 6) is -1.99. The average molecular weight is 256 g/mol. The van der Waals surface area contributed by atoms with Gasteiger partial charge in [-0.2, -0.15) is 0 Å². The van der Waals surface area contributed by atoms with E-state index >= 15 is 0 Å². The molecule has 2 N–H and O–H groups in total. The van der Waals surface area contributed by atoms with Crippen LogP contribution in [0.25, 0.3) is 0 Å². The largest absolute Gasteiger partial charge is 0.340 e. The molecule has 1 atom stereocenters. The maximum absolute atomic E-state index is 13.0. The Morgan fingerprint density at radius 3 is 2.44 bits per heavy atom. The first-order valence-electron chi connectivity index (χ1n) is 5.77. The van der Waals surface area contributed by atoms with Crippen molar-refractivity contribution in [3.8, 4) is 0 Å². The van der Waals surface area contributed by atoms with E-state index in [0.29, 0.717) is 5.56 Å². The summed E-state index contributed by atoms with van der Waals surface area (Å²) in [6.45, 7) is 3.92. The molecule has 0 aromatic heterocycles. The molecule has 100 valence electrons. The molecule has 0 aliphatic rings. The number of halogens is 2. The number of nitrogens with zero attached hydrogens (tertiary/aromatic N) is 1. The summed E-state index contributed by atoms with van der Waals surface area (Å²) in [5.41, 5.74) is 6.27. The van der Waals surface area contributed by atoms with Gasteiger partial charge in [-0.05, 0) is 23.6 Å². The highest BCUT2D eigenvalue weighted by Gasteiger charge is 2.21. The van der Waals surface area contributed by atoms with E-state index in [1.807, 2.05) is 13.8 Å². The van der Waals surface area contributed by atoms with Crippen LogP contribution in [0.1, 0.15) is 19.4 Å². The van der Waals surface area contributed by atoms with Crippen molar-refractivity contribution in [2.75, 3.05) is 7.05 Å². The van der Waals surface area contributed by atoms with E-state index in [4.69, 9.17) is 5.73 Å². The number of amides is 1. The zero-order chi connectivity index (χ0) is 13.9. The van der Waals surface area contributed by atoms with E-state index in [1.165, 1.54) is 11.0 Å². The zero-order valence-electron chi connectivity index (χ0n) is 10.8. The van der Waals surface area contributed by atoms with Crippen LogP contribution in [-0.4, -0.2) is 23.9 Å². The Morgan fingerprint density at radius 2 is 1.94 bits per heavy atom. The Balaban J connectivity index is 2.72. The highest BCUT2D eigenvalue weighted by atomic mass is 19.2. The first-order chi connectivity index (χ1) is 8.32. The summed E-state index contributed by atoms with van der Waals surface area (Å²) >= 11 is 0.